The standard InChI is InChI=1S/C14H15NO2S/c1-8-5-6-12(17-4)11(7-8)14-13(9(2)16)15-10(3)18-14/h5-7H,1-4H3. The molecule has 0 amide bonds. The Hall–Kier alpha value is -1.68. The smallest absolute Gasteiger partial charge is 0.179 e. The van der Waals surface area contributed by atoms with Crippen LogP contribution in [0.1, 0.15) is 28.0 Å². The Balaban J connectivity index is 2.68. The number of aromatic nitrogens is 1. The predicted molar refractivity (Wildman–Crippen MR) is 73.6 cm³/mol. The minimum atomic E-state index is -0.0158. The largest absolute Gasteiger partial charge is 0.496 e. The third kappa shape index (κ3) is 2.29. The van der Waals surface area contributed by atoms with Crippen LogP contribution in [0.4, 0.5) is 0 Å². The number of ketones is 1. The van der Waals surface area contributed by atoms with Gasteiger partial charge >= 0.3 is 0 Å². The average Bonchev–Trinajstić information content (AvgIpc) is 2.71. The van der Waals surface area contributed by atoms with Crippen LogP contribution in [0.5, 0.6) is 5.75 Å². The van der Waals surface area contributed by atoms with Crippen LogP contribution in [0.15, 0.2) is 18.2 Å². The molecule has 0 unspecified atom stereocenters. The van der Waals surface area contributed by atoms with Crippen molar-refractivity contribution < 1.29 is 9.53 Å². The number of nitrogens with zero attached hydrogens (tertiary/aromatic N) is 1. The first-order valence-corrected chi connectivity index (χ1v) is 6.48. The maximum Gasteiger partial charge on any atom is 0.179 e. The summed E-state index contributed by atoms with van der Waals surface area (Å²) in [6, 6.07) is 5.94. The van der Waals surface area contributed by atoms with Crippen molar-refractivity contribution >= 4 is 17.1 Å². The minimum absolute atomic E-state index is 0.0158. The molecule has 2 aromatic rings. The molecule has 0 bridgehead atoms. The van der Waals surface area contributed by atoms with Gasteiger partial charge in [0.25, 0.3) is 0 Å². The fourth-order valence-corrected chi connectivity index (χ4v) is 2.84. The zero-order valence-electron chi connectivity index (χ0n) is 10.9. The van der Waals surface area contributed by atoms with E-state index < -0.39 is 0 Å². The van der Waals surface area contributed by atoms with Gasteiger partial charge in [-0.25, -0.2) is 4.98 Å². The van der Waals surface area contributed by atoms with Gasteiger partial charge in [-0.05, 0) is 26.0 Å². The molecule has 3 nitrogen and oxygen atoms in total. The lowest BCUT2D eigenvalue weighted by Gasteiger charge is -2.08. The molecule has 0 aliphatic carbocycles. The van der Waals surface area contributed by atoms with Crippen LogP contribution < -0.4 is 4.74 Å². The third-order valence-corrected chi connectivity index (χ3v) is 3.67. The first kappa shape index (κ1) is 12.8. The highest BCUT2D eigenvalue weighted by atomic mass is 32.1. The number of methoxy groups -OCH3 is 1. The molecule has 0 aliphatic rings. The van der Waals surface area contributed by atoms with Crippen LogP contribution in [0.2, 0.25) is 0 Å². The van der Waals surface area contributed by atoms with E-state index in [1.54, 1.807) is 14.0 Å². The van der Waals surface area contributed by atoms with Gasteiger partial charge in [-0.15, -0.1) is 11.3 Å². The monoisotopic (exact) mass is 261 g/mol. The molecule has 18 heavy (non-hydrogen) atoms. The molecule has 1 heterocycles. The van der Waals surface area contributed by atoms with Crippen molar-refractivity contribution in [3.05, 3.63) is 34.5 Å². The highest BCUT2D eigenvalue weighted by Crippen LogP contribution is 2.37. The first-order chi connectivity index (χ1) is 8.52. The number of carbonyl (C=O) groups excluding carboxylic acids is 1. The summed E-state index contributed by atoms with van der Waals surface area (Å²) >= 11 is 1.52. The molecule has 0 saturated heterocycles. The van der Waals surface area contributed by atoms with E-state index in [9.17, 15) is 4.79 Å². The van der Waals surface area contributed by atoms with Gasteiger partial charge in [-0.2, -0.15) is 0 Å². The van der Waals surface area contributed by atoms with Crippen LogP contribution in [0.3, 0.4) is 0 Å². The molecule has 0 spiro atoms. The Kier molecular flexibility index (Phi) is 3.48. The normalized spacial score (nSPS) is 10.4. The highest BCUT2D eigenvalue weighted by molar-refractivity contribution is 7.15. The van der Waals surface area contributed by atoms with Crippen molar-refractivity contribution in [2.45, 2.75) is 20.8 Å². The highest BCUT2D eigenvalue weighted by Gasteiger charge is 2.18. The van der Waals surface area contributed by atoms with Crippen LogP contribution in [0.25, 0.3) is 10.4 Å². The molecular weight excluding hydrogens is 246 g/mol. The number of benzene rings is 1. The predicted octanol–water partition coefficient (Wildman–Crippen LogP) is 3.64. The molecule has 1 aromatic heterocycles. The molecule has 0 N–H and O–H groups in total. The Morgan fingerprint density at radius 3 is 2.67 bits per heavy atom. The van der Waals surface area contributed by atoms with Gasteiger partial charge in [0, 0.05) is 12.5 Å². The van der Waals surface area contributed by atoms with Crippen molar-refractivity contribution in [2.75, 3.05) is 7.11 Å². The van der Waals surface area contributed by atoms with E-state index in [2.05, 4.69) is 4.98 Å². The quantitative estimate of drug-likeness (QED) is 0.792. The topological polar surface area (TPSA) is 39.2 Å². The molecule has 0 aliphatic heterocycles. The van der Waals surface area contributed by atoms with Crippen molar-refractivity contribution in [2.24, 2.45) is 0 Å². The minimum Gasteiger partial charge on any atom is -0.496 e. The van der Waals surface area contributed by atoms with Crippen molar-refractivity contribution in [1.82, 2.24) is 4.98 Å². The van der Waals surface area contributed by atoms with Crippen molar-refractivity contribution in [3.8, 4) is 16.2 Å². The molecule has 0 radical (unpaired) electrons. The molecule has 0 atom stereocenters. The molecule has 2 rings (SSSR count). The summed E-state index contributed by atoms with van der Waals surface area (Å²) in [7, 11) is 1.63. The number of hydrogen-bond donors (Lipinski definition) is 0. The Morgan fingerprint density at radius 2 is 2.06 bits per heavy atom. The van der Waals surface area contributed by atoms with E-state index in [0.717, 1.165) is 26.8 Å². The number of hydrogen-bond acceptors (Lipinski definition) is 4. The van der Waals surface area contributed by atoms with Crippen LogP contribution in [-0.4, -0.2) is 17.9 Å². The Bertz CT molecular complexity index is 602. The summed E-state index contributed by atoms with van der Waals surface area (Å²) in [4.78, 5) is 16.8. The maximum absolute atomic E-state index is 11.6. The van der Waals surface area contributed by atoms with Gasteiger partial charge in [0.05, 0.1) is 17.0 Å². The van der Waals surface area contributed by atoms with E-state index >= 15 is 0 Å². The van der Waals surface area contributed by atoms with E-state index in [0.29, 0.717) is 5.69 Å². The number of carbonyl (C=O) groups is 1. The fourth-order valence-electron chi connectivity index (χ4n) is 1.85. The zero-order chi connectivity index (χ0) is 13.3. The van der Waals surface area contributed by atoms with Gasteiger partial charge in [-0.3, -0.25) is 4.79 Å². The van der Waals surface area contributed by atoms with Crippen molar-refractivity contribution in [1.29, 1.82) is 0 Å². The summed E-state index contributed by atoms with van der Waals surface area (Å²) in [6.45, 7) is 5.47. The van der Waals surface area contributed by atoms with E-state index in [-0.39, 0.29) is 5.78 Å². The number of thiazole rings is 1. The SMILES string of the molecule is COc1ccc(C)cc1-c1sc(C)nc1C(C)=O. The lowest BCUT2D eigenvalue weighted by molar-refractivity contribution is 0.101. The molecule has 0 saturated carbocycles. The number of rotatable bonds is 3. The third-order valence-electron chi connectivity index (χ3n) is 2.67. The molecule has 0 fully saturated rings. The molecule has 1 aromatic carbocycles. The summed E-state index contributed by atoms with van der Waals surface area (Å²) in [5.41, 5.74) is 2.60. The zero-order valence-corrected chi connectivity index (χ0v) is 11.7. The van der Waals surface area contributed by atoms with Crippen LogP contribution in [0, 0.1) is 13.8 Å². The second-order valence-corrected chi connectivity index (χ2v) is 5.37. The second kappa shape index (κ2) is 4.90. The van der Waals surface area contributed by atoms with Crippen LogP contribution >= 0.6 is 11.3 Å². The lowest BCUT2D eigenvalue weighted by atomic mass is 10.1. The molecule has 4 heteroatoms. The summed E-state index contributed by atoms with van der Waals surface area (Å²) in [6.07, 6.45) is 0. The van der Waals surface area contributed by atoms with Gasteiger partial charge in [0.15, 0.2) is 5.78 Å². The van der Waals surface area contributed by atoms with Gasteiger partial charge in [0.1, 0.15) is 11.4 Å². The number of Topliss-reactive ketones (excluding diaryl/α,β-unsaturated/α-hetero) is 1. The summed E-state index contributed by atoms with van der Waals surface area (Å²) in [5, 5.41) is 0.888. The summed E-state index contributed by atoms with van der Waals surface area (Å²) in [5.74, 6) is 0.754. The van der Waals surface area contributed by atoms with E-state index in [1.807, 2.05) is 32.0 Å². The fraction of sp³-hybridized carbons (Fsp3) is 0.286. The lowest BCUT2D eigenvalue weighted by Crippen LogP contribution is -1.96. The van der Waals surface area contributed by atoms with Gasteiger partial charge in [-0.1, -0.05) is 11.6 Å². The number of ether oxygens (including phenoxy) is 1. The van der Waals surface area contributed by atoms with E-state index in [1.165, 1.54) is 11.3 Å². The van der Waals surface area contributed by atoms with Crippen LogP contribution in [-0.2, 0) is 0 Å². The summed E-state index contributed by atoms with van der Waals surface area (Å²) < 4.78 is 5.37. The Morgan fingerprint density at radius 1 is 1.33 bits per heavy atom. The second-order valence-electron chi connectivity index (χ2n) is 4.17. The van der Waals surface area contributed by atoms with Gasteiger partial charge < -0.3 is 4.74 Å². The van der Waals surface area contributed by atoms with Gasteiger partial charge in [0.2, 0.25) is 0 Å². The maximum atomic E-state index is 11.6. The average molecular weight is 261 g/mol. The molecule has 94 valence electrons. The molecular formula is C14H15NO2S. The Labute approximate surface area is 110 Å². The van der Waals surface area contributed by atoms with Crippen molar-refractivity contribution in [3.63, 3.8) is 0 Å². The first-order valence-electron chi connectivity index (χ1n) is 5.66. The van der Waals surface area contributed by atoms with E-state index in [4.69, 9.17) is 4.74 Å². The number of aryl methyl sites for hydroxylation is 2.